The number of nitrogen functional groups attached to an aromatic ring is 1. The molecule has 0 radical (unpaired) electrons. The summed E-state index contributed by atoms with van der Waals surface area (Å²) >= 11 is 5.87. The van der Waals surface area contributed by atoms with Crippen molar-refractivity contribution in [1.82, 2.24) is 0 Å². The van der Waals surface area contributed by atoms with Crippen LogP contribution in [0.5, 0.6) is 0 Å². The summed E-state index contributed by atoms with van der Waals surface area (Å²) in [6.07, 6.45) is 0. The highest BCUT2D eigenvalue weighted by atomic mass is 35.5. The van der Waals surface area contributed by atoms with E-state index < -0.39 is 11.8 Å². The summed E-state index contributed by atoms with van der Waals surface area (Å²) in [7, 11) is 0. The molecule has 0 aromatic heterocycles. The van der Waals surface area contributed by atoms with Gasteiger partial charge in [0.05, 0.1) is 27.6 Å². The van der Waals surface area contributed by atoms with Gasteiger partial charge in [0.25, 0.3) is 0 Å². The van der Waals surface area contributed by atoms with Gasteiger partial charge < -0.3 is 16.2 Å². The molecule has 0 spiro atoms. The molecule has 0 unspecified atom stereocenters. The van der Waals surface area contributed by atoms with Crippen LogP contribution in [0.15, 0.2) is 36.4 Å². The predicted molar refractivity (Wildman–Crippen MR) is 72.5 cm³/mol. The number of benzene rings is 2. The summed E-state index contributed by atoms with van der Waals surface area (Å²) in [6.45, 7) is 0. The number of hydrogen-bond donors (Lipinski definition) is 3. The Morgan fingerprint density at radius 1 is 1.26 bits per heavy atom. The van der Waals surface area contributed by atoms with E-state index in [1.54, 1.807) is 6.07 Å². The molecule has 0 aliphatic rings. The third-order valence-corrected chi connectivity index (χ3v) is 2.87. The predicted octanol–water partition coefficient (Wildman–Crippen LogP) is 3.50. The molecular weight excluding hydrogens is 271 g/mol. The van der Waals surface area contributed by atoms with E-state index in [0.717, 1.165) is 0 Å². The molecular formula is C13H10ClFN2O2. The minimum absolute atomic E-state index is 0.0225. The molecule has 19 heavy (non-hydrogen) atoms. The number of carboxylic acids is 1. The topological polar surface area (TPSA) is 75.3 Å². The van der Waals surface area contributed by atoms with Crippen LogP contribution in [0.3, 0.4) is 0 Å². The fourth-order valence-electron chi connectivity index (χ4n) is 1.61. The molecule has 0 saturated carbocycles. The molecule has 6 heteroatoms. The first kappa shape index (κ1) is 13.2. The lowest BCUT2D eigenvalue weighted by Crippen LogP contribution is -2.06. The van der Waals surface area contributed by atoms with Gasteiger partial charge in [-0.1, -0.05) is 23.7 Å². The number of rotatable bonds is 3. The molecule has 2 aromatic carbocycles. The molecule has 4 nitrogen and oxygen atoms in total. The van der Waals surface area contributed by atoms with Gasteiger partial charge >= 0.3 is 5.97 Å². The van der Waals surface area contributed by atoms with E-state index in [1.807, 2.05) is 0 Å². The van der Waals surface area contributed by atoms with Crippen molar-refractivity contribution in [2.75, 3.05) is 11.1 Å². The van der Waals surface area contributed by atoms with E-state index in [-0.39, 0.29) is 27.6 Å². The van der Waals surface area contributed by atoms with Crippen molar-refractivity contribution in [3.8, 4) is 0 Å². The van der Waals surface area contributed by atoms with E-state index in [0.29, 0.717) is 0 Å². The van der Waals surface area contributed by atoms with Crippen molar-refractivity contribution in [2.45, 2.75) is 0 Å². The molecule has 2 rings (SSSR count). The fourth-order valence-corrected chi connectivity index (χ4v) is 1.82. The number of anilines is 3. The lowest BCUT2D eigenvalue weighted by molar-refractivity contribution is 0.0698. The second-order valence-corrected chi connectivity index (χ2v) is 4.20. The highest BCUT2D eigenvalue weighted by molar-refractivity contribution is 6.33. The van der Waals surface area contributed by atoms with Crippen LogP contribution in [0.2, 0.25) is 5.02 Å². The summed E-state index contributed by atoms with van der Waals surface area (Å²) in [5.41, 5.74) is 6.03. The van der Waals surface area contributed by atoms with Crippen molar-refractivity contribution in [1.29, 1.82) is 0 Å². The normalized spacial score (nSPS) is 10.2. The van der Waals surface area contributed by atoms with Crippen LogP contribution in [-0.2, 0) is 0 Å². The van der Waals surface area contributed by atoms with E-state index in [2.05, 4.69) is 5.32 Å². The summed E-state index contributed by atoms with van der Waals surface area (Å²) in [6, 6.07) is 8.66. The Morgan fingerprint density at radius 2 is 1.95 bits per heavy atom. The number of halogens is 2. The molecule has 0 heterocycles. The Bertz CT molecular complexity index is 626. The standard InChI is InChI=1S/C13H10ClFN2O2/c14-8-4-2-5-9(15)12(8)17-10-6-1-3-7(11(10)16)13(18)19/h1-6,17H,16H2,(H,18,19). The first-order valence-corrected chi connectivity index (χ1v) is 5.71. The molecule has 0 bridgehead atoms. The minimum atomic E-state index is -1.15. The first-order valence-electron chi connectivity index (χ1n) is 5.33. The third-order valence-electron chi connectivity index (χ3n) is 2.56. The van der Waals surface area contributed by atoms with E-state index in [4.69, 9.17) is 22.4 Å². The molecule has 0 saturated heterocycles. The second kappa shape index (κ2) is 5.16. The third kappa shape index (κ3) is 2.61. The van der Waals surface area contributed by atoms with E-state index in [1.165, 1.54) is 30.3 Å². The Balaban J connectivity index is 2.45. The van der Waals surface area contributed by atoms with Crippen LogP contribution >= 0.6 is 11.6 Å². The van der Waals surface area contributed by atoms with Crippen molar-refractivity contribution in [3.05, 3.63) is 52.8 Å². The molecule has 0 atom stereocenters. The van der Waals surface area contributed by atoms with Gasteiger partial charge in [0, 0.05) is 0 Å². The van der Waals surface area contributed by atoms with Crippen molar-refractivity contribution in [2.24, 2.45) is 0 Å². The zero-order valence-corrected chi connectivity index (χ0v) is 10.4. The summed E-state index contributed by atoms with van der Waals surface area (Å²) in [4.78, 5) is 11.0. The van der Waals surface area contributed by atoms with Crippen LogP contribution < -0.4 is 11.1 Å². The largest absolute Gasteiger partial charge is 0.478 e. The summed E-state index contributed by atoms with van der Waals surface area (Å²) in [5.74, 6) is -1.70. The maximum atomic E-state index is 13.6. The van der Waals surface area contributed by atoms with Crippen LogP contribution in [0.1, 0.15) is 10.4 Å². The molecule has 4 N–H and O–H groups in total. The Kier molecular flexibility index (Phi) is 3.57. The van der Waals surface area contributed by atoms with Gasteiger partial charge in [0.1, 0.15) is 5.82 Å². The van der Waals surface area contributed by atoms with Gasteiger partial charge in [-0.2, -0.15) is 0 Å². The first-order chi connectivity index (χ1) is 9.00. The number of carboxylic acid groups (broad SMARTS) is 1. The SMILES string of the molecule is Nc1c(Nc2c(F)cccc2Cl)cccc1C(=O)O. The maximum Gasteiger partial charge on any atom is 0.337 e. The Hall–Kier alpha value is -2.27. The minimum Gasteiger partial charge on any atom is -0.478 e. The van der Waals surface area contributed by atoms with Crippen LogP contribution in [0.25, 0.3) is 0 Å². The number of carbonyl (C=O) groups is 1. The molecule has 0 amide bonds. The van der Waals surface area contributed by atoms with Gasteiger partial charge in [0.15, 0.2) is 0 Å². The highest BCUT2D eigenvalue weighted by Gasteiger charge is 2.13. The van der Waals surface area contributed by atoms with Crippen LogP contribution in [-0.4, -0.2) is 11.1 Å². The van der Waals surface area contributed by atoms with Gasteiger partial charge in [-0.15, -0.1) is 0 Å². The number of nitrogens with one attached hydrogen (secondary N) is 1. The van der Waals surface area contributed by atoms with E-state index >= 15 is 0 Å². The average Bonchev–Trinajstić information content (AvgIpc) is 2.35. The molecule has 0 fully saturated rings. The number of para-hydroxylation sites is 2. The summed E-state index contributed by atoms with van der Waals surface area (Å²) in [5, 5.41) is 11.8. The summed E-state index contributed by atoms with van der Waals surface area (Å²) < 4.78 is 13.6. The maximum absolute atomic E-state index is 13.6. The molecule has 0 aliphatic carbocycles. The molecule has 98 valence electrons. The van der Waals surface area contributed by atoms with Gasteiger partial charge in [-0.25, -0.2) is 9.18 Å². The number of hydrogen-bond acceptors (Lipinski definition) is 3. The monoisotopic (exact) mass is 280 g/mol. The lowest BCUT2D eigenvalue weighted by atomic mass is 10.1. The molecule has 0 aliphatic heterocycles. The zero-order chi connectivity index (χ0) is 14.0. The van der Waals surface area contributed by atoms with Gasteiger partial charge in [-0.3, -0.25) is 0 Å². The van der Waals surface area contributed by atoms with Crippen molar-refractivity contribution < 1.29 is 14.3 Å². The van der Waals surface area contributed by atoms with Crippen molar-refractivity contribution in [3.63, 3.8) is 0 Å². The number of aromatic carboxylic acids is 1. The Labute approximate surface area is 113 Å². The van der Waals surface area contributed by atoms with Crippen LogP contribution in [0, 0.1) is 5.82 Å². The van der Waals surface area contributed by atoms with Crippen molar-refractivity contribution >= 4 is 34.6 Å². The van der Waals surface area contributed by atoms with Crippen LogP contribution in [0.4, 0.5) is 21.5 Å². The second-order valence-electron chi connectivity index (χ2n) is 3.79. The van der Waals surface area contributed by atoms with Gasteiger partial charge in [-0.05, 0) is 24.3 Å². The Morgan fingerprint density at radius 3 is 2.58 bits per heavy atom. The molecule has 2 aromatic rings. The highest BCUT2D eigenvalue weighted by Crippen LogP contribution is 2.31. The lowest BCUT2D eigenvalue weighted by Gasteiger charge is -2.12. The van der Waals surface area contributed by atoms with E-state index in [9.17, 15) is 9.18 Å². The number of nitrogens with two attached hydrogens (primary N) is 1. The zero-order valence-electron chi connectivity index (χ0n) is 9.65. The van der Waals surface area contributed by atoms with Gasteiger partial charge in [0.2, 0.25) is 0 Å². The average molecular weight is 281 g/mol. The smallest absolute Gasteiger partial charge is 0.337 e. The quantitative estimate of drug-likeness (QED) is 0.752. The fraction of sp³-hybridized carbons (Fsp3) is 0.